The molecule has 2 aromatic heterocycles. The van der Waals surface area contributed by atoms with Crippen molar-refractivity contribution in [2.75, 3.05) is 0 Å². The summed E-state index contributed by atoms with van der Waals surface area (Å²) in [4.78, 5) is 4.28. The van der Waals surface area contributed by atoms with Crippen LogP contribution in [0.2, 0.25) is 0 Å². The third-order valence-electron chi connectivity index (χ3n) is 2.51. The van der Waals surface area contributed by atoms with Gasteiger partial charge in [0.25, 0.3) is 0 Å². The van der Waals surface area contributed by atoms with Gasteiger partial charge in [-0.3, -0.25) is 4.68 Å². The summed E-state index contributed by atoms with van der Waals surface area (Å²) in [6.07, 6.45) is 4.48. The van der Waals surface area contributed by atoms with Crippen LogP contribution in [0.5, 0.6) is 0 Å². The Labute approximate surface area is 99.8 Å². The Bertz CT molecular complexity index is 476. The molecule has 0 saturated carbocycles. The van der Waals surface area contributed by atoms with Crippen LogP contribution in [-0.2, 0) is 13.5 Å². The van der Waals surface area contributed by atoms with Gasteiger partial charge in [0.2, 0.25) is 11.7 Å². The van der Waals surface area contributed by atoms with E-state index in [2.05, 4.69) is 22.2 Å². The van der Waals surface area contributed by atoms with Gasteiger partial charge in [0, 0.05) is 25.7 Å². The number of rotatable bonds is 5. The van der Waals surface area contributed by atoms with Crippen molar-refractivity contribution in [1.82, 2.24) is 19.9 Å². The predicted octanol–water partition coefficient (Wildman–Crippen LogP) is 1.14. The van der Waals surface area contributed by atoms with E-state index in [1.54, 1.807) is 4.68 Å². The summed E-state index contributed by atoms with van der Waals surface area (Å²) in [5, 5.41) is 8.11. The minimum atomic E-state index is 0.0806. The number of hydrogen-bond donors (Lipinski definition) is 1. The molecule has 2 N–H and O–H groups in total. The second-order valence-corrected chi connectivity index (χ2v) is 4.14. The molecule has 0 amide bonds. The monoisotopic (exact) mass is 235 g/mol. The molecule has 0 spiro atoms. The molecule has 1 atom stereocenters. The topological polar surface area (TPSA) is 82.8 Å². The first-order valence-corrected chi connectivity index (χ1v) is 5.77. The highest BCUT2D eigenvalue weighted by atomic mass is 16.5. The van der Waals surface area contributed by atoms with E-state index in [-0.39, 0.29) is 6.04 Å². The zero-order valence-corrected chi connectivity index (χ0v) is 10.1. The van der Waals surface area contributed by atoms with E-state index >= 15 is 0 Å². The zero-order chi connectivity index (χ0) is 12.3. The van der Waals surface area contributed by atoms with Crippen molar-refractivity contribution in [3.63, 3.8) is 0 Å². The Kier molecular flexibility index (Phi) is 3.53. The van der Waals surface area contributed by atoms with Crippen LogP contribution in [-0.4, -0.2) is 26.0 Å². The lowest BCUT2D eigenvalue weighted by molar-refractivity contribution is 0.366. The predicted molar refractivity (Wildman–Crippen MR) is 63.1 cm³/mol. The molecule has 0 radical (unpaired) electrons. The molecule has 0 bridgehead atoms. The fourth-order valence-electron chi connectivity index (χ4n) is 1.67. The average Bonchev–Trinajstić information content (AvgIpc) is 2.87. The number of nitrogens with zero attached hydrogens (tertiary/aromatic N) is 4. The summed E-state index contributed by atoms with van der Waals surface area (Å²) in [5.74, 6) is 1.09. The van der Waals surface area contributed by atoms with E-state index in [9.17, 15) is 0 Å². The third-order valence-corrected chi connectivity index (χ3v) is 2.51. The van der Waals surface area contributed by atoms with Crippen LogP contribution in [0.15, 0.2) is 16.8 Å². The lowest BCUT2D eigenvalue weighted by atomic mass is 10.1. The maximum absolute atomic E-state index is 5.92. The summed E-state index contributed by atoms with van der Waals surface area (Å²) < 4.78 is 6.86. The van der Waals surface area contributed by atoms with Gasteiger partial charge < -0.3 is 10.3 Å². The first-order chi connectivity index (χ1) is 8.19. The van der Waals surface area contributed by atoms with E-state index in [4.69, 9.17) is 10.3 Å². The molecule has 0 aliphatic carbocycles. The van der Waals surface area contributed by atoms with Crippen LogP contribution in [0.1, 0.15) is 25.7 Å². The lowest BCUT2D eigenvalue weighted by Gasteiger charge is -2.05. The summed E-state index contributed by atoms with van der Waals surface area (Å²) in [5.41, 5.74) is 6.64. The van der Waals surface area contributed by atoms with Crippen molar-refractivity contribution in [2.45, 2.75) is 32.2 Å². The van der Waals surface area contributed by atoms with Gasteiger partial charge in [0.05, 0.1) is 0 Å². The standard InChI is InChI=1S/C11H17N5O/c1-3-4-8(12)7-10-13-11(15-17-10)9-5-6-16(2)14-9/h5-6,8H,3-4,7,12H2,1-2H3. The molecular formula is C11H17N5O. The van der Waals surface area contributed by atoms with E-state index in [1.165, 1.54) is 0 Å². The Hall–Kier alpha value is -1.69. The second kappa shape index (κ2) is 5.09. The van der Waals surface area contributed by atoms with Crippen molar-refractivity contribution < 1.29 is 4.52 Å². The number of aryl methyl sites for hydroxylation is 1. The van der Waals surface area contributed by atoms with E-state index in [1.807, 2.05) is 19.3 Å². The molecule has 0 aromatic carbocycles. The van der Waals surface area contributed by atoms with E-state index in [0.717, 1.165) is 12.8 Å². The normalized spacial score (nSPS) is 12.9. The molecule has 6 heteroatoms. The first-order valence-electron chi connectivity index (χ1n) is 5.77. The highest BCUT2D eigenvalue weighted by Gasteiger charge is 2.13. The molecule has 1 unspecified atom stereocenters. The van der Waals surface area contributed by atoms with Gasteiger partial charge in [0.15, 0.2) is 0 Å². The maximum atomic E-state index is 5.92. The van der Waals surface area contributed by atoms with Crippen molar-refractivity contribution in [3.8, 4) is 11.5 Å². The van der Waals surface area contributed by atoms with E-state index in [0.29, 0.717) is 23.8 Å². The maximum Gasteiger partial charge on any atom is 0.228 e. The Balaban J connectivity index is 2.05. The first kappa shape index (κ1) is 11.8. The number of hydrogen-bond acceptors (Lipinski definition) is 5. The lowest BCUT2D eigenvalue weighted by Crippen LogP contribution is -2.22. The average molecular weight is 235 g/mol. The summed E-state index contributed by atoms with van der Waals surface area (Å²) in [6, 6.07) is 1.93. The highest BCUT2D eigenvalue weighted by Crippen LogP contribution is 2.13. The van der Waals surface area contributed by atoms with Crippen molar-refractivity contribution in [3.05, 3.63) is 18.2 Å². The largest absolute Gasteiger partial charge is 0.339 e. The molecule has 0 aliphatic heterocycles. The van der Waals surface area contributed by atoms with Crippen LogP contribution in [0.25, 0.3) is 11.5 Å². The molecule has 2 heterocycles. The fourth-order valence-corrected chi connectivity index (χ4v) is 1.67. The molecule has 92 valence electrons. The molecule has 6 nitrogen and oxygen atoms in total. The molecular weight excluding hydrogens is 218 g/mol. The Morgan fingerprint density at radius 3 is 3.00 bits per heavy atom. The van der Waals surface area contributed by atoms with Crippen molar-refractivity contribution in [2.24, 2.45) is 12.8 Å². The van der Waals surface area contributed by atoms with Gasteiger partial charge in [-0.15, -0.1) is 0 Å². The van der Waals surface area contributed by atoms with Gasteiger partial charge in [-0.1, -0.05) is 18.5 Å². The smallest absolute Gasteiger partial charge is 0.228 e. The third kappa shape index (κ3) is 2.91. The summed E-state index contributed by atoms with van der Waals surface area (Å²) in [7, 11) is 1.85. The fraction of sp³-hybridized carbons (Fsp3) is 0.545. The SMILES string of the molecule is CCCC(N)Cc1nc(-c2ccn(C)n2)no1. The molecule has 17 heavy (non-hydrogen) atoms. The molecule has 2 rings (SSSR count). The minimum absolute atomic E-state index is 0.0806. The molecule has 0 fully saturated rings. The molecule has 2 aromatic rings. The van der Waals surface area contributed by atoms with Crippen LogP contribution in [0.4, 0.5) is 0 Å². The number of nitrogens with two attached hydrogens (primary N) is 1. The van der Waals surface area contributed by atoms with Crippen LogP contribution in [0, 0.1) is 0 Å². The van der Waals surface area contributed by atoms with Crippen molar-refractivity contribution in [1.29, 1.82) is 0 Å². The Morgan fingerprint density at radius 1 is 1.53 bits per heavy atom. The van der Waals surface area contributed by atoms with Gasteiger partial charge in [-0.2, -0.15) is 10.1 Å². The van der Waals surface area contributed by atoms with Crippen LogP contribution < -0.4 is 5.73 Å². The summed E-state index contributed by atoms with van der Waals surface area (Å²) >= 11 is 0. The van der Waals surface area contributed by atoms with Gasteiger partial charge in [-0.25, -0.2) is 0 Å². The highest BCUT2D eigenvalue weighted by molar-refractivity contribution is 5.46. The quantitative estimate of drug-likeness (QED) is 0.840. The van der Waals surface area contributed by atoms with Crippen LogP contribution in [0.3, 0.4) is 0 Å². The second-order valence-electron chi connectivity index (χ2n) is 4.14. The minimum Gasteiger partial charge on any atom is -0.339 e. The van der Waals surface area contributed by atoms with Crippen LogP contribution >= 0.6 is 0 Å². The van der Waals surface area contributed by atoms with Gasteiger partial charge in [-0.05, 0) is 12.5 Å². The molecule has 0 aliphatic rings. The van der Waals surface area contributed by atoms with Crippen molar-refractivity contribution >= 4 is 0 Å². The number of aromatic nitrogens is 4. The van der Waals surface area contributed by atoms with Gasteiger partial charge in [0.1, 0.15) is 5.69 Å². The van der Waals surface area contributed by atoms with E-state index < -0.39 is 0 Å². The van der Waals surface area contributed by atoms with Gasteiger partial charge >= 0.3 is 0 Å². The molecule has 0 saturated heterocycles. The Morgan fingerprint density at radius 2 is 2.35 bits per heavy atom. The zero-order valence-electron chi connectivity index (χ0n) is 10.1. The summed E-state index contributed by atoms with van der Waals surface area (Å²) in [6.45, 7) is 2.10.